The molecule has 0 aliphatic rings. The van der Waals surface area contributed by atoms with Gasteiger partial charge in [-0.25, -0.2) is 0 Å². The van der Waals surface area contributed by atoms with Gasteiger partial charge in [0.15, 0.2) is 0 Å². The molecule has 2 aromatic rings. The summed E-state index contributed by atoms with van der Waals surface area (Å²) < 4.78 is 0. The highest BCUT2D eigenvalue weighted by Crippen LogP contribution is 2.28. The quantitative estimate of drug-likeness (QED) is 0.651. The molecule has 3 nitrogen and oxygen atoms in total. The second-order valence-electron chi connectivity index (χ2n) is 4.55. The summed E-state index contributed by atoms with van der Waals surface area (Å²) in [4.78, 5) is 2.16. The van der Waals surface area contributed by atoms with E-state index in [-0.39, 0.29) is 5.84 Å². The Morgan fingerprint density at radius 2 is 1.85 bits per heavy atom. The van der Waals surface area contributed by atoms with Crippen LogP contribution in [0.25, 0.3) is 0 Å². The smallest absolute Gasteiger partial charge is 0.126 e. The van der Waals surface area contributed by atoms with Crippen LogP contribution in [-0.4, -0.2) is 12.4 Å². The Hall–Kier alpha value is -2.00. The lowest BCUT2D eigenvalue weighted by molar-refractivity contribution is 0.831. The van der Waals surface area contributed by atoms with Crippen molar-refractivity contribution in [2.45, 2.75) is 13.5 Å². The molecule has 0 amide bonds. The Balaban J connectivity index is 2.37. The van der Waals surface area contributed by atoms with Crippen LogP contribution in [-0.2, 0) is 6.54 Å². The van der Waals surface area contributed by atoms with E-state index in [0.717, 1.165) is 18.8 Å². The van der Waals surface area contributed by atoms with Crippen LogP contribution in [0.15, 0.2) is 48.5 Å². The summed E-state index contributed by atoms with van der Waals surface area (Å²) in [5.74, 6) is -0.00267. The average Bonchev–Trinajstić information content (AvgIpc) is 2.45. The standard InChI is InChI=1S/C16H18ClN3/c1-2-20(11-12-7-4-3-5-8-12)14-10-6-9-13(17)15(14)16(18)19/h3-10H,2,11H2,1H3,(H3,18,19). The van der Waals surface area contributed by atoms with E-state index in [0.29, 0.717) is 10.6 Å². The highest BCUT2D eigenvalue weighted by atomic mass is 35.5. The van der Waals surface area contributed by atoms with Crippen molar-refractivity contribution >= 4 is 23.1 Å². The van der Waals surface area contributed by atoms with Crippen molar-refractivity contribution in [3.63, 3.8) is 0 Å². The first-order chi connectivity index (χ1) is 9.63. The zero-order valence-electron chi connectivity index (χ0n) is 11.4. The van der Waals surface area contributed by atoms with Crippen LogP contribution >= 0.6 is 11.6 Å². The van der Waals surface area contributed by atoms with Crippen molar-refractivity contribution in [3.05, 3.63) is 64.7 Å². The lowest BCUT2D eigenvalue weighted by atomic mass is 10.1. The topological polar surface area (TPSA) is 53.1 Å². The summed E-state index contributed by atoms with van der Waals surface area (Å²) in [5, 5.41) is 8.25. The van der Waals surface area contributed by atoms with E-state index in [2.05, 4.69) is 24.0 Å². The number of nitrogens with one attached hydrogen (secondary N) is 1. The molecule has 0 aliphatic heterocycles. The van der Waals surface area contributed by atoms with Gasteiger partial charge < -0.3 is 10.6 Å². The summed E-state index contributed by atoms with van der Waals surface area (Å²) in [6.45, 7) is 3.65. The summed E-state index contributed by atoms with van der Waals surface area (Å²) in [6, 6.07) is 15.8. The van der Waals surface area contributed by atoms with E-state index in [4.69, 9.17) is 22.7 Å². The number of hydrogen-bond donors (Lipinski definition) is 2. The molecule has 0 saturated carbocycles. The van der Waals surface area contributed by atoms with Crippen molar-refractivity contribution in [1.82, 2.24) is 0 Å². The Morgan fingerprint density at radius 1 is 1.15 bits per heavy atom. The van der Waals surface area contributed by atoms with E-state index in [1.165, 1.54) is 5.56 Å². The summed E-state index contributed by atoms with van der Waals surface area (Å²) in [6.07, 6.45) is 0. The zero-order valence-corrected chi connectivity index (χ0v) is 12.2. The van der Waals surface area contributed by atoms with Crippen LogP contribution in [0.5, 0.6) is 0 Å². The summed E-state index contributed by atoms with van der Waals surface area (Å²) >= 11 is 6.18. The number of amidine groups is 1. The molecule has 2 aromatic carbocycles. The van der Waals surface area contributed by atoms with Gasteiger partial charge in [-0.05, 0) is 24.6 Å². The average molecular weight is 288 g/mol. The Morgan fingerprint density at radius 3 is 2.45 bits per heavy atom. The van der Waals surface area contributed by atoms with Gasteiger partial charge in [0, 0.05) is 18.8 Å². The van der Waals surface area contributed by atoms with Crippen molar-refractivity contribution in [2.24, 2.45) is 5.73 Å². The summed E-state index contributed by atoms with van der Waals surface area (Å²) in [5.41, 5.74) is 8.39. The maximum atomic E-state index is 7.73. The van der Waals surface area contributed by atoms with Gasteiger partial charge in [0.2, 0.25) is 0 Å². The minimum Gasteiger partial charge on any atom is -0.384 e. The maximum absolute atomic E-state index is 7.73. The van der Waals surface area contributed by atoms with Gasteiger partial charge in [-0.2, -0.15) is 0 Å². The second-order valence-corrected chi connectivity index (χ2v) is 4.95. The molecule has 0 bridgehead atoms. The van der Waals surface area contributed by atoms with Crippen molar-refractivity contribution in [1.29, 1.82) is 5.41 Å². The molecule has 0 fully saturated rings. The molecule has 0 spiro atoms. The van der Waals surface area contributed by atoms with Gasteiger partial charge >= 0.3 is 0 Å². The molecule has 3 N–H and O–H groups in total. The third kappa shape index (κ3) is 3.11. The van der Waals surface area contributed by atoms with Gasteiger partial charge in [-0.3, -0.25) is 5.41 Å². The highest BCUT2D eigenvalue weighted by Gasteiger charge is 2.15. The molecule has 0 radical (unpaired) electrons. The van der Waals surface area contributed by atoms with E-state index >= 15 is 0 Å². The predicted octanol–water partition coefficient (Wildman–Crippen LogP) is 3.65. The molecule has 0 atom stereocenters. The molecule has 0 aliphatic carbocycles. The number of nitrogens with zero attached hydrogens (tertiary/aromatic N) is 1. The van der Waals surface area contributed by atoms with E-state index in [1.54, 1.807) is 6.07 Å². The lowest BCUT2D eigenvalue weighted by Crippen LogP contribution is -2.26. The molecule has 4 heteroatoms. The third-order valence-electron chi connectivity index (χ3n) is 3.20. The SMILES string of the molecule is CCN(Cc1ccccc1)c1cccc(Cl)c1C(=N)N. The molecule has 0 aromatic heterocycles. The molecule has 104 valence electrons. The molecular weight excluding hydrogens is 270 g/mol. The van der Waals surface area contributed by atoms with E-state index < -0.39 is 0 Å². The first-order valence-electron chi connectivity index (χ1n) is 6.55. The largest absolute Gasteiger partial charge is 0.384 e. The van der Waals surface area contributed by atoms with Crippen LogP contribution in [0.1, 0.15) is 18.1 Å². The molecule has 0 heterocycles. The van der Waals surface area contributed by atoms with Crippen LogP contribution < -0.4 is 10.6 Å². The predicted molar refractivity (Wildman–Crippen MR) is 85.6 cm³/mol. The van der Waals surface area contributed by atoms with Crippen LogP contribution in [0.4, 0.5) is 5.69 Å². The van der Waals surface area contributed by atoms with Crippen molar-refractivity contribution in [3.8, 4) is 0 Å². The normalized spacial score (nSPS) is 10.3. The number of halogens is 1. The van der Waals surface area contributed by atoms with E-state index in [9.17, 15) is 0 Å². The maximum Gasteiger partial charge on any atom is 0.126 e. The van der Waals surface area contributed by atoms with E-state index in [1.807, 2.05) is 30.3 Å². The highest BCUT2D eigenvalue weighted by molar-refractivity contribution is 6.34. The minimum absolute atomic E-state index is 0.00267. The van der Waals surface area contributed by atoms with Crippen LogP contribution in [0, 0.1) is 5.41 Å². The molecule has 2 rings (SSSR count). The zero-order chi connectivity index (χ0) is 14.5. The first kappa shape index (κ1) is 14.4. The second kappa shape index (κ2) is 6.44. The van der Waals surface area contributed by atoms with Crippen LogP contribution in [0.3, 0.4) is 0 Å². The molecule has 0 saturated heterocycles. The van der Waals surface area contributed by atoms with Crippen molar-refractivity contribution in [2.75, 3.05) is 11.4 Å². The van der Waals surface area contributed by atoms with Gasteiger partial charge in [-0.1, -0.05) is 48.0 Å². The Bertz CT molecular complexity index is 596. The minimum atomic E-state index is -0.00267. The first-order valence-corrected chi connectivity index (χ1v) is 6.93. The molecule has 0 unspecified atom stereocenters. The Kier molecular flexibility index (Phi) is 4.64. The molecule has 20 heavy (non-hydrogen) atoms. The number of rotatable bonds is 5. The number of anilines is 1. The number of nitrogens with two attached hydrogens (primary N) is 1. The summed E-state index contributed by atoms with van der Waals surface area (Å²) in [7, 11) is 0. The van der Waals surface area contributed by atoms with Gasteiger partial charge in [-0.15, -0.1) is 0 Å². The number of nitrogen functional groups attached to an aromatic ring is 1. The van der Waals surface area contributed by atoms with Gasteiger partial charge in [0.05, 0.1) is 10.6 Å². The number of hydrogen-bond acceptors (Lipinski definition) is 2. The van der Waals surface area contributed by atoms with Crippen molar-refractivity contribution < 1.29 is 0 Å². The van der Waals surface area contributed by atoms with Gasteiger partial charge in [0.1, 0.15) is 5.84 Å². The van der Waals surface area contributed by atoms with Crippen LogP contribution in [0.2, 0.25) is 5.02 Å². The van der Waals surface area contributed by atoms with Gasteiger partial charge in [0.25, 0.3) is 0 Å². The fourth-order valence-electron chi connectivity index (χ4n) is 2.21. The number of benzene rings is 2. The fourth-order valence-corrected chi connectivity index (χ4v) is 2.49. The third-order valence-corrected chi connectivity index (χ3v) is 3.51. The Labute approximate surface area is 124 Å². The fraction of sp³-hybridized carbons (Fsp3) is 0.188. The lowest BCUT2D eigenvalue weighted by Gasteiger charge is -2.26. The monoisotopic (exact) mass is 287 g/mol. The molecular formula is C16H18ClN3.